The molecule has 0 heterocycles. The number of nitrogens with zero attached hydrogens (tertiary/aromatic N) is 1. The highest BCUT2D eigenvalue weighted by atomic mass is 19.1. The summed E-state index contributed by atoms with van der Waals surface area (Å²) in [7, 11) is 0. The molecule has 0 aliphatic heterocycles. The summed E-state index contributed by atoms with van der Waals surface area (Å²) in [5.74, 6) is -0.318. The Labute approximate surface area is 88.6 Å². The Morgan fingerprint density at radius 2 is 2.13 bits per heavy atom. The van der Waals surface area contributed by atoms with Gasteiger partial charge in [0.2, 0.25) is 0 Å². The van der Waals surface area contributed by atoms with Crippen LogP contribution in [0.4, 0.5) is 4.39 Å². The van der Waals surface area contributed by atoms with E-state index < -0.39 is 0 Å². The van der Waals surface area contributed by atoms with Crippen LogP contribution in [0.5, 0.6) is 0 Å². The Morgan fingerprint density at radius 1 is 1.47 bits per heavy atom. The van der Waals surface area contributed by atoms with Gasteiger partial charge in [0.25, 0.3) is 0 Å². The third-order valence-corrected chi connectivity index (χ3v) is 1.81. The molecule has 0 aromatic heterocycles. The molecule has 1 aromatic rings. The molecule has 0 aliphatic carbocycles. The summed E-state index contributed by atoms with van der Waals surface area (Å²) < 4.78 is 18.0. The van der Waals surface area contributed by atoms with Crippen molar-refractivity contribution in [3.05, 3.63) is 41.2 Å². The average Bonchev–Trinajstić information content (AvgIpc) is 2.27. The smallest absolute Gasteiger partial charge is 0.126 e. The van der Waals surface area contributed by atoms with Gasteiger partial charge in [-0.1, -0.05) is 12.1 Å². The van der Waals surface area contributed by atoms with Crippen molar-refractivity contribution in [3.8, 4) is 6.07 Å². The monoisotopic (exact) mass is 205 g/mol. The van der Waals surface area contributed by atoms with E-state index in [-0.39, 0.29) is 12.4 Å². The van der Waals surface area contributed by atoms with Crippen molar-refractivity contribution < 1.29 is 9.13 Å². The van der Waals surface area contributed by atoms with Crippen LogP contribution in [0.1, 0.15) is 18.1 Å². The van der Waals surface area contributed by atoms with Gasteiger partial charge in [0.15, 0.2) is 0 Å². The molecule has 0 radical (unpaired) electrons. The molecule has 0 atom stereocenters. The maximum absolute atomic E-state index is 13.1. The number of hydrogen-bond donors (Lipinski definition) is 0. The number of ether oxygens (including phenoxy) is 1. The fourth-order valence-electron chi connectivity index (χ4n) is 1.08. The van der Waals surface area contributed by atoms with Gasteiger partial charge in [-0.25, -0.2) is 4.39 Å². The summed E-state index contributed by atoms with van der Waals surface area (Å²) >= 11 is 0. The Kier molecular flexibility index (Phi) is 4.52. The number of halogens is 1. The summed E-state index contributed by atoms with van der Waals surface area (Å²) in [6.07, 6.45) is 1.40. The van der Waals surface area contributed by atoms with Gasteiger partial charge in [-0.2, -0.15) is 5.26 Å². The highest BCUT2D eigenvalue weighted by Gasteiger charge is 1.96. The minimum Gasteiger partial charge on any atom is -0.375 e. The molecule has 3 heteroatoms. The molecule has 0 saturated heterocycles. The van der Waals surface area contributed by atoms with Crippen LogP contribution in [-0.2, 0) is 4.74 Å². The Bertz CT molecular complexity index is 376. The molecular formula is C12H12FNO. The molecule has 78 valence electrons. The fourth-order valence-corrected chi connectivity index (χ4v) is 1.08. The molecule has 0 bridgehead atoms. The molecule has 0 amide bonds. The highest BCUT2D eigenvalue weighted by Crippen LogP contribution is 2.09. The third-order valence-electron chi connectivity index (χ3n) is 1.81. The lowest BCUT2D eigenvalue weighted by atomic mass is 10.1. The molecule has 1 rings (SSSR count). The molecule has 0 aliphatic rings. The molecule has 0 unspecified atom stereocenters. The zero-order chi connectivity index (χ0) is 11.1. The van der Waals surface area contributed by atoms with Crippen molar-refractivity contribution in [1.82, 2.24) is 0 Å². The van der Waals surface area contributed by atoms with E-state index in [0.29, 0.717) is 12.2 Å². The van der Waals surface area contributed by atoms with E-state index in [9.17, 15) is 4.39 Å². The molecule has 1 aromatic carbocycles. The predicted molar refractivity (Wildman–Crippen MR) is 56.7 cm³/mol. The lowest BCUT2D eigenvalue weighted by molar-refractivity contribution is 0.157. The van der Waals surface area contributed by atoms with E-state index in [2.05, 4.69) is 0 Å². The number of hydrogen-bond acceptors (Lipinski definition) is 2. The Hall–Kier alpha value is -1.66. The van der Waals surface area contributed by atoms with E-state index in [1.165, 1.54) is 6.08 Å². The van der Waals surface area contributed by atoms with Crippen molar-refractivity contribution >= 4 is 6.08 Å². The number of benzene rings is 1. The van der Waals surface area contributed by atoms with Gasteiger partial charge < -0.3 is 4.74 Å². The van der Waals surface area contributed by atoms with Crippen molar-refractivity contribution in [2.24, 2.45) is 0 Å². The fraction of sp³-hybridized carbons (Fsp3) is 0.250. The first-order valence-electron chi connectivity index (χ1n) is 4.70. The van der Waals surface area contributed by atoms with Crippen LogP contribution < -0.4 is 0 Å². The first-order valence-corrected chi connectivity index (χ1v) is 4.70. The van der Waals surface area contributed by atoms with Crippen molar-refractivity contribution in [2.75, 3.05) is 13.2 Å². The summed E-state index contributed by atoms with van der Waals surface area (Å²) in [6, 6.07) is 8.70. The minimum absolute atomic E-state index is 0.00347. The second kappa shape index (κ2) is 5.94. The molecular weight excluding hydrogens is 193 g/mol. The molecule has 0 saturated carbocycles. The van der Waals surface area contributed by atoms with E-state index in [1.54, 1.807) is 24.3 Å². The van der Waals surface area contributed by atoms with Crippen LogP contribution >= 0.6 is 0 Å². The van der Waals surface area contributed by atoms with Crippen LogP contribution in [0.3, 0.4) is 0 Å². The van der Waals surface area contributed by atoms with Gasteiger partial charge in [-0.15, -0.1) is 0 Å². The number of rotatable bonds is 4. The van der Waals surface area contributed by atoms with Crippen molar-refractivity contribution in [3.63, 3.8) is 0 Å². The molecule has 2 nitrogen and oxygen atoms in total. The average molecular weight is 205 g/mol. The summed E-state index contributed by atoms with van der Waals surface area (Å²) in [6.45, 7) is 2.31. The van der Waals surface area contributed by atoms with Crippen LogP contribution in [-0.4, -0.2) is 13.2 Å². The van der Waals surface area contributed by atoms with Gasteiger partial charge in [0.1, 0.15) is 5.83 Å². The van der Waals surface area contributed by atoms with Gasteiger partial charge >= 0.3 is 0 Å². The molecule has 15 heavy (non-hydrogen) atoms. The maximum Gasteiger partial charge on any atom is 0.126 e. The number of nitriles is 1. The zero-order valence-electron chi connectivity index (χ0n) is 8.53. The van der Waals surface area contributed by atoms with Crippen molar-refractivity contribution in [1.29, 1.82) is 5.26 Å². The SMILES string of the molecule is CCOC/C(F)=C/c1ccc(C#N)cc1. The van der Waals surface area contributed by atoms with Gasteiger partial charge in [-0.3, -0.25) is 0 Å². The molecule has 0 fully saturated rings. The first kappa shape index (κ1) is 11.4. The normalized spacial score (nSPS) is 11.1. The lowest BCUT2D eigenvalue weighted by Crippen LogP contribution is -1.93. The van der Waals surface area contributed by atoms with E-state index in [4.69, 9.17) is 10.00 Å². The topological polar surface area (TPSA) is 33.0 Å². The summed E-state index contributed by atoms with van der Waals surface area (Å²) in [5.41, 5.74) is 1.29. The lowest BCUT2D eigenvalue weighted by Gasteiger charge is -1.98. The standard InChI is InChI=1S/C12H12FNO/c1-2-15-9-12(13)7-10-3-5-11(8-14)6-4-10/h3-7H,2,9H2,1H3/b12-7-. The maximum atomic E-state index is 13.1. The summed E-state index contributed by atoms with van der Waals surface area (Å²) in [4.78, 5) is 0. The van der Waals surface area contributed by atoms with E-state index in [1.807, 2.05) is 13.0 Å². The first-order chi connectivity index (χ1) is 7.26. The largest absolute Gasteiger partial charge is 0.375 e. The van der Waals surface area contributed by atoms with Gasteiger partial charge in [0, 0.05) is 6.61 Å². The second-order valence-electron chi connectivity index (χ2n) is 2.96. The van der Waals surface area contributed by atoms with Gasteiger partial charge in [-0.05, 0) is 30.7 Å². The quantitative estimate of drug-likeness (QED) is 0.757. The van der Waals surface area contributed by atoms with Crippen LogP contribution in [0.15, 0.2) is 30.1 Å². The predicted octanol–water partition coefficient (Wildman–Crippen LogP) is 2.91. The Morgan fingerprint density at radius 3 is 2.67 bits per heavy atom. The Balaban J connectivity index is 2.67. The zero-order valence-corrected chi connectivity index (χ0v) is 8.53. The van der Waals surface area contributed by atoms with Crippen molar-refractivity contribution in [2.45, 2.75) is 6.92 Å². The highest BCUT2D eigenvalue weighted by molar-refractivity contribution is 5.52. The summed E-state index contributed by atoms with van der Waals surface area (Å²) in [5, 5.41) is 8.57. The minimum atomic E-state index is -0.318. The second-order valence-corrected chi connectivity index (χ2v) is 2.96. The van der Waals surface area contributed by atoms with Crippen LogP contribution in [0.2, 0.25) is 0 Å². The van der Waals surface area contributed by atoms with Crippen LogP contribution in [0.25, 0.3) is 6.08 Å². The van der Waals surface area contributed by atoms with Gasteiger partial charge in [0.05, 0.1) is 18.2 Å². The molecule has 0 N–H and O–H groups in total. The molecule has 0 spiro atoms. The van der Waals surface area contributed by atoms with E-state index >= 15 is 0 Å². The van der Waals surface area contributed by atoms with E-state index in [0.717, 1.165) is 5.56 Å². The van der Waals surface area contributed by atoms with Crippen LogP contribution in [0, 0.1) is 11.3 Å². The third kappa shape index (κ3) is 3.92.